The third-order valence-electron chi connectivity index (χ3n) is 3.88. The summed E-state index contributed by atoms with van der Waals surface area (Å²) in [7, 11) is 0. The van der Waals surface area contributed by atoms with Gasteiger partial charge in [-0.25, -0.2) is 4.79 Å². The number of carbonyl (C=O) groups excluding carboxylic acids is 2. The second kappa shape index (κ2) is 7.55. The lowest BCUT2D eigenvalue weighted by Gasteiger charge is -2.34. The highest BCUT2D eigenvalue weighted by molar-refractivity contribution is 5.93. The first-order valence-corrected chi connectivity index (χ1v) is 8.37. The van der Waals surface area contributed by atoms with E-state index in [2.05, 4.69) is 5.32 Å². The molecule has 1 heterocycles. The molecule has 2 amide bonds. The molecule has 1 aromatic rings. The lowest BCUT2D eigenvalue weighted by atomic mass is 9.94. The van der Waals surface area contributed by atoms with Gasteiger partial charge in [0.15, 0.2) is 0 Å². The second-order valence-electron chi connectivity index (χ2n) is 7.27. The van der Waals surface area contributed by atoms with Crippen LogP contribution in [0.3, 0.4) is 0 Å². The number of anilines is 2. The Morgan fingerprint density at radius 2 is 2.04 bits per heavy atom. The molecule has 6 heteroatoms. The van der Waals surface area contributed by atoms with E-state index in [0.717, 1.165) is 12.8 Å². The van der Waals surface area contributed by atoms with E-state index in [1.165, 1.54) is 0 Å². The molecule has 0 bridgehead atoms. The summed E-state index contributed by atoms with van der Waals surface area (Å²) < 4.78 is 5.41. The standard InChI is InChI=1S/C18H27N3O3/c1-18(2,3)24-17(23)21-10-6-7-13(12-21)11-16(22)20-15-9-5-4-8-14(15)19/h4-5,8-9,13H,6-7,10-12,19H2,1-3H3,(H,20,22). The maximum atomic E-state index is 12.2. The molecule has 0 radical (unpaired) electrons. The summed E-state index contributed by atoms with van der Waals surface area (Å²) in [5, 5.41) is 2.84. The summed E-state index contributed by atoms with van der Waals surface area (Å²) in [5.74, 6) is 0.0557. The van der Waals surface area contributed by atoms with Crippen LogP contribution in [0.25, 0.3) is 0 Å². The normalized spacial score (nSPS) is 18.1. The topological polar surface area (TPSA) is 84.7 Å². The van der Waals surface area contributed by atoms with Gasteiger partial charge >= 0.3 is 6.09 Å². The highest BCUT2D eigenvalue weighted by Crippen LogP contribution is 2.23. The minimum absolute atomic E-state index is 0.0797. The molecule has 3 N–H and O–H groups in total. The molecule has 2 rings (SSSR count). The van der Waals surface area contributed by atoms with Crippen molar-refractivity contribution in [3.8, 4) is 0 Å². The van der Waals surface area contributed by atoms with Gasteiger partial charge in [-0.1, -0.05) is 12.1 Å². The average molecular weight is 333 g/mol. The fourth-order valence-corrected chi connectivity index (χ4v) is 2.80. The molecule has 1 aliphatic heterocycles. The largest absolute Gasteiger partial charge is 0.444 e. The van der Waals surface area contributed by atoms with Gasteiger partial charge in [0.1, 0.15) is 5.60 Å². The van der Waals surface area contributed by atoms with E-state index in [0.29, 0.717) is 30.9 Å². The zero-order valence-electron chi connectivity index (χ0n) is 14.7. The average Bonchev–Trinajstić information content (AvgIpc) is 2.48. The van der Waals surface area contributed by atoms with Crippen molar-refractivity contribution in [2.45, 2.75) is 45.6 Å². The molecule has 1 atom stereocenters. The van der Waals surface area contributed by atoms with Crippen LogP contribution in [0.15, 0.2) is 24.3 Å². The number of nitrogens with two attached hydrogens (primary N) is 1. The Morgan fingerprint density at radius 3 is 2.71 bits per heavy atom. The Kier molecular flexibility index (Phi) is 5.70. The van der Waals surface area contributed by atoms with Gasteiger partial charge in [0, 0.05) is 19.5 Å². The zero-order valence-corrected chi connectivity index (χ0v) is 14.7. The SMILES string of the molecule is CC(C)(C)OC(=O)N1CCCC(CC(=O)Nc2ccccc2N)C1. The Labute approximate surface area is 143 Å². The van der Waals surface area contributed by atoms with Gasteiger partial charge in [0.05, 0.1) is 11.4 Å². The van der Waals surface area contributed by atoms with E-state index in [9.17, 15) is 9.59 Å². The predicted molar refractivity (Wildman–Crippen MR) is 94.6 cm³/mol. The van der Waals surface area contributed by atoms with Gasteiger partial charge in [-0.2, -0.15) is 0 Å². The number of piperidine rings is 1. The van der Waals surface area contributed by atoms with Crippen LogP contribution >= 0.6 is 0 Å². The summed E-state index contributed by atoms with van der Waals surface area (Å²) in [6.45, 7) is 6.78. The van der Waals surface area contributed by atoms with E-state index < -0.39 is 5.60 Å². The van der Waals surface area contributed by atoms with Crippen LogP contribution in [0.5, 0.6) is 0 Å². The number of ether oxygens (including phenoxy) is 1. The van der Waals surface area contributed by atoms with Crippen molar-refractivity contribution in [1.29, 1.82) is 0 Å². The number of nitrogen functional groups attached to an aromatic ring is 1. The minimum atomic E-state index is -0.508. The molecule has 0 aliphatic carbocycles. The molecule has 0 spiro atoms. The maximum absolute atomic E-state index is 12.2. The molecule has 0 saturated carbocycles. The number of rotatable bonds is 3. The van der Waals surface area contributed by atoms with E-state index in [1.807, 2.05) is 32.9 Å². The van der Waals surface area contributed by atoms with E-state index >= 15 is 0 Å². The first kappa shape index (κ1) is 18.1. The van der Waals surface area contributed by atoms with Gasteiger partial charge in [0.25, 0.3) is 0 Å². The molecule has 24 heavy (non-hydrogen) atoms. The number of amides is 2. The highest BCUT2D eigenvalue weighted by atomic mass is 16.6. The van der Waals surface area contributed by atoms with Crippen molar-refractivity contribution >= 4 is 23.4 Å². The number of hydrogen-bond donors (Lipinski definition) is 2. The third-order valence-corrected chi connectivity index (χ3v) is 3.88. The van der Waals surface area contributed by atoms with Gasteiger partial charge in [-0.3, -0.25) is 4.79 Å². The number of likely N-dealkylation sites (tertiary alicyclic amines) is 1. The monoisotopic (exact) mass is 333 g/mol. The molecule has 6 nitrogen and oxygen atoms in total. The minimum Gasteiger partial charge on any atom is -0.444 e. The van der Waals surface area contributed by atoms with Gasteiger partial charge in [-0.05, 0) is 51.7 Å². The number of hydrogen-bond acceptors (Lipinski definition) is 4. The van der Waals surface area contributed by atoms with Crippen molar-refractivity contribution in [1.82, 2.24) is 4.90 Å². The highest BCUT2D eigenvalue weighted by Gasteiger charge is 2.28. The van der Waals surface area contributed by atoms with Crippen LogP contribution in [0.4, 0.5) is 16.2 Å². The molecule has 1 aromatic carbocycles. The molecule has 1 unspecified atom stereocenters. The fourth-order valence-electron chi connectivity index (χ4n) is 2.80. The first-order valence-electron chi connectivity index (χ1n) is 8.37. The summed E-state index contributed by atoms with van der Waals surface area (Å²) in [6.07, 6.45) is 1.87. The molecular weight excluding hydrogens is 306 g/mol. The Hall–Kier alpha value is -2.24. The van der Waals surface area contributed by atoms with Crippen LogP contribution in [0.2, 0.25) is 0 Å². The fraction of sp³-hybridized carbons (Fsp3) is 0.556. The van der Waals surface area contributed by atoms with Crippen molar-refractivity contribution in [2.24, 2.45) is 5.92 Å². The predicted octanol–water partition coefficient (Wildman–Crippen LogP) is 3.24. The molecular formula is C18H27N3O3. The lowest BCUT2D eigenvalue weighted by molar-refractivity contribution is -0.117. The number of carbonyl (C=O) groups is 2. The molecule has 1 fully saturated rings. The van der Waals surface area contributed by atoms with Crippen LogP contribution in [0.1, 0.15) is 40.0 Å². The van der Waals surface area contributed by atoms with E-state index in [-0.39, 0.29) is 17.9 Å². The zero-order chi connectivity index (χ0) is 17.7. The molecule has 1 aliphatic rings. The van der Waals surface area contributed by atoms with Crippen LogP contribution in [-0.4, -0.2) is 35.6 Å². The number of nitrogens with one attached hydrogen (secondary N) is 1. The van der Waals surface area contributed by atoms with Crippen molar-refractivity contribution in [2.75, 3.05) is 24.1 Å². The van der Waals surface area contributed by atoms with E-state index in [4.69, 9.17) is 10.5 Å². The molecule has 0 aromatic heterocycles. The summed E-state index contributed by atoms with van der Waals surface area (Å²) in [5.41, 5.74) is 6.50. The quantitative estimate of drug-likeness (QED) is 0.832. The first-order chi connectivity index (χ1) is 11.2. The Balaban J connectivity index is 1.87. The number of benzene rings is 1. The van der Waals surface area contributed by atoms with Gasteiger partial charge in [-0.15, -0.1) is 0 Å². The van der Waals surface area contributed by atoms with Crippen LogP contribution < -0.4 is 11.1 Å². The van der Waals surface area contributed by atoms with Crippen molar-refractivity contribution < 1.29 is 14.3 Å². The maximum Gasteiger partial charge on any atom is 0.410 e. The summed E-state index contributed by atoms with van der Waals surface area (Å²) in [6, 6.07) is 7.18. The van der Waals surface area contributed by atoms with Gasteiger partial charge in [0.2, 0.25) is 5.91 Å². The number of nitrogens with zero attached hydrogens (tertiary/aromatic N) is 1. The Bertz CT molecular complexity index is 595. The Morgan fingerprint density at radius 1 is 1.33 bits per heavy atom. The molecule has 1 saturated heterocycles. The third kappa shape index (κ3) is 5.44. The van der Waals surface area contributed by atoms with E-state index in [1.54, 1.807) is 17.0 Å². The second-order valence-corrected chi connectivity index (χ2v) is 7.27. The lowest BCUT2D eigenvalue weighted by Crippen LogP contribution is -2.43. The van der Waals surface area contributed by atoms with Crippen LogP contribution in [0, 0.1) is 5.92 Å². The number of para-hydroxylation sites is 2. The van der Waals surface area contributed by atoms with Crippen molar-refractivity contribution in [3.63, 3.8) is 0 Å². The van der Waals surface area contributed by atoms with Crippen LogP contribution in [-0.2, 0) is 9.53 Å². The smallest absolute Gasteiger partial charge is 0.410 e. The molecule has 132 valence electrons. The summed E-state index contributed by atoms with van der Waals surface area (Å²) >= 11 is 0. The summed E-state index contributed by atoms with van der Waals surface area (Å²) in [4.78, 5) is 26.1. The van der Waals surface area contributed by atoms with Gasteiger partial charge < -0.3 is 20.7 Å². The van der Waals surface area contributed by atoms with Crippen molar-refractivity contribution in [3.05, 3.63) is 24.3 Å².